The molecule has 3 aromatic carbocycles. The molecule has 0 unspecified atom stereocenters. The summed E-state index contributed by atoms with van der Waals surface area (Å²) in [7, 11) is 0. The lowest BCUT2D eigenvalue weighted by atomic mass is 10.0. The molecule has 0 saturated carbocycles. The third kappa shape index (κ3) is 1.93. The van der Waals surface area contributed by atoms with Gasteiger partial charge < -0.3 is 0 Å². The zero-order valence-corrected chi connectivity index (χ0v) is 14.4. The number of aryl methyl sites for hydroxylation is 2. The van der Waals surface area contributed by atoms with Crippen molar-refractivity contribution in [2.24, 2.45) is 0 Å². The molecule has 1 aromatic heterocycles. The summed E-state index contributed by atoms with van der Waals surface area (Å²) in [4.78, 5) is 19.8. The molecule has 4 aromatic rings. The van der Waals surface area contributed by atoms with Crippen molar-refractivity contribution in [1.82, 2.24) is 4.98 Å². The van der Waals surface area contributed by atoms with Crippen LogP contribution in [0.1, 0.15) is 21.5 Å². The highest BCUT2D eigenvalue weighted by atomic mass is 19.1. The van der Waals surface area contributed by atoms with E-state index in [0.717, 1.165) is 33.4 Å². The number of pyridine rings is 1. The maximum absolute atomic E-state index is 13.9. The van der Waals surface area contributed by atoms with E-state index >= 15 is 0 Å². The first-order valence-electron chi connectivity index (χ1n) is 8.48. The Hall–Kier alpha value is -3.27. The first-order chi connectivity index (χ1) is 12.5. The fourth-order valence-electron chi connectivity index (χ4n) is 3.87. The number of aromatic nitrogens is 1. The van der Waals surface area contributed by atoms with E-state index in [9.17, 15) is 9.18 Å². The summed E-state index contributed by atoms with van der Waals surface area (Å²) in [5.41, 5.74) is 5.70. The van der Waals surface area contributed by atoms with Gasteiger partial charge in [0.2, 0.25) is 0 Å². The van der Waals surface area contributed by atoms with Gasteiger partial charge in [0.25, 0.3) is 5.91 Å². The van der Waals surface area contributed by atoms with Gasteiger partial charge in [0.15, 0.2) is 0 Å². The zero-order valence-electron chi connectivity index (χ0n) is 14.4. The van der Waals surface area contributed by atoms with Crippen LogP contribution in [0.5, 0.6) is 0 Å². The third-order valence-electron chi connectivity index (χ3n) is 4.99. The molecule has 0 saturated heterocycles. The normalized spacial score (nSPS) is 13.2. The number of benzene rings is 3. The molecule has 3 nitrogen and oxygen atoms in total. The van der Waals surface area contributed by atoms with Crippen molar-refractivity contribution in [1.29, 1.82) is 0 Å². The Bertz CT molecular complexity index is 1250. The van der Waals surface area contributed by atoms with Crippen molar-refractivity contribution in [3.05, 3.63) is 77.1 Å². The van der Waals surface area contributed by atoms with Crippen molar-refractivity contribution in [3.63, 3.8) is 0 Å². The molecule has 126 valence electrons. The lowest BCUT2D eigenvalue weighted by molar-refractivity contribution is 0.101. The largest absolute Gasteiger partial charge is 0.276 e. The monoisotopic (exact) mass is 342 g/mol. The summed E-state index contributed by atoms with van der Waals surface area (Å²) in [6.07, 6.45) is 0. The smallest absolute Gasteiger partial charge is 0.264 e. The topological polar surface area (TPSA) is 33.2 Å². The van der Waals surface area contributed by atoms with Crippen molar-refractivity contribution in [2.75, 3.05) is 4.90 Å². The summed E-state index contributed by atoms with van der Waals surface area (Å²) in [6, 6.07) is 16.1. The van der Waals surface area contributed by atoms with Gasteiger partial charge in [-0.3, -0.25) is 9.69 Å². The van der Waals surface area contributed by atoms with E-state index in [-0.39, 0.29) is 11.7 Å². The zero-order chi connectivity index (χ0) is 18.0. The average Bonchev–Trinajstić information content (AvgIpc) is 2.90. The van der Waals surface area contributed by atoms with Gasteiger partial charge in [0.1, 0.15) is 5.82 Å². The van der Waals surface area contributed by atoms with Crippen LogP contribution in [-0.4, -0.2) is 10.9 Å². The molecule has 0 radical (unpaired) electrons. The predicted molar refractivity (Wildman–Crippen MR) is 102 cm³/mol. The summed E-state index contributed by atoms with van der Waals surface area (Å²) < 4.78 is 13.9. The van der Waals surface area contributed by atoms with E-state index in [0.29, 0.717) is 16.5 Å². The number of carbonyl (C=O) groups excluding carboxylic acids is 1. The van der Waals surface area contributed by atoms with Gasteiger partial charge in [0.05, 0.1) is 28.0 Å². The van der Waals surface area contributed by atoms with Crippen molar-refractivity contribution < 1.29 is 9.18 Å². The number of hydrogen-bond donors (Lipinski definition) is 0. The summed E-state index contributed by atoms with van der Waals surface area (Å²) >= 11 is 0. The molecule has 1 amide bonds. The van der Waals surface area contributed by atoms with Crippen LogP contribution in [-0.2, 0) is 0 Å². The van der Waals surface area contributed by atoms with Crippen molar-refractivity contribution in [3.8, 4) is 0 Å². The first-order valence-corrected chi connectivity index (χ1v) is 8.48. The minimum atomic E-state index is -0.370. The van der Waals surface area contributed by atoms with Crippen LogP contribution in [0.25, 0.3) is 21.8 Å². The number of fused-ring (bicyclic) bond motifs is 2. The van der Waals surface area contributed by atoms with Crippen LogP contribution in [0.2, 0.25) is 0 Å². The molecule has 2 heterocycles. The summed E-state index contributed by atoms with van der Waals surface area (Å²) in [5, 5.41) is 1.35. The minimum Gasteiger partial charge on any atom is -0.276 e. The molecule has 0 bridgehead atoms. The van der Waals surface area contributed by atoms with E-state index in [4.69, 9.17) is 0 Å². The Morgan fingerprint density at radius 3 is 2.58 bits per heavy atom. The van der Waals surface area contributed by atoms with E-state index < -0.39 is 0 Å². The van der Waals surface area contributed by atoms with Gasteiger partial charge in [-0.25, -0.2) is 9.37 Å². The number of anilines is 2. The maximum Gasteiger partial charge on any atom is 0.264 e. The molecule has 1 aliphatic rings. The Morgan fingerprint density at radius 2 is 1.77 bits per heavy atom. The highest BCUT2D eigenvalue weighted by Crippen LogP contribution is 2.44. The molecule has 0 N–H and O–H groups in total. The van der Waals surface area contributed by atoms with E-state index in [1.165, 1.54) is 12.1 Å². The predicted octanol–water partition coefficient (Wildman–Crippen LogP) is 5.44. The first kappa shape index (κ1) is 15.0. The molecule has 0 fully saturated rings. The molecule has 0 aliphatic carbocycles. The van der Waals surface area contributed by atoms with Gasteiger partial charge in [-0.05, 0) is 55.8 Å². The number of halogens is 1. The molecule has 26 heavy (non-hydrogen) atoms. The third-order valence-corrected chi connectivity index (χ3v) is 4.99. The maximum atomic E-state index is 13.9. The Morgan fingerprint density at radius 1 is 0.923 bits per heavy atom. The van der Waals surface area contributed by atoms with Crippen LogP contribution in [0, 0.1) is 19.7 Å². The van der Waals surface area contributed by atoms with Gasteiger partial charge in [-0.15, -0.1) is 0 Å². The average molecular weight is 342 g/mol. The second-order valence-corrected chi connectivity index (χ2v) is 6.75. The lowest BCUT2D eigenvalue weighted by Crippen LogP contribution is -2.22. The Labute approximate surface area is 149 Å². The van der Waals surface area contributed by atoms with Crippen LogP contribution in [0.3, 0.4) is 0 Å². The van der Waals surface area contributed by atoms with Crippen LogP contribution in [0.15, 0.2) is 54.6 Å². The lowest BCUT2D eigenvalue weighted by Gasteiger charge is -2.20. The fraction of sp³-hybridized carbons (Fsp3) is 0.0909. The van der Waals surface area contributed by atoms with Crippen LogP contribution < -0.4 is 4.90 Å². The summed E-state index contributed by atoms with van der Waals surface area (Å²) in [5.74, 6) is -0.508. The Balaban J connectivity index is 1.88. The van der Waals surface area contributed by atoms with E-state index in [1.807, 2.05) is 44.2 Å². The van der Waals surface area contributed by atoms with Crippen LogP contribution in [0.4, 0.5) is 15.8 Å². The number of hydrogen-bond acceptors (Lipinski definition) is 2. The molecule has 0 atom stereocenters. The molecular formula is C22H15FN2O. The van der Waals surface area contributed by atoms with Gasteiger partial charge >= 0.3 is 0 Å². The van der Waals surface area contributed by atoms with Crippen molar-refractivity contribution in [2.45, 2.75) is 13.8 Å². The molecule has 0 spiro atoms. The van der Waals surface area contributed by atoms with E-state index in [2.05, 4.69) is 11.1 Å². The number of amides is 1. The van der Waals surface area contributed by atoms with Gasteiger partial charge in [0, 0.05) is 10.8 Å². The van der Waals surface area contributed by atoms with Gasteiger partial charge in [-0.1, -0.05) is 23.8 Å². The second kappa shape index (κ2) is 5.11. The SMILES string of the molecule is Cc1ccc(N2C(=O)c3c4cc(F)ccc4nc4cccc2c34)c(C)c1. The van der Waals surface area contributed by atoms with Crippen molar-refractivity contribution >= 4 is 39.1 Å². The highest BCUT2D eigenvalue weighted by molar-refractivity contribution is 6.32. The molecule has 5 rings (SSSR count). The van der Waals surface area contributed by atoms with E-state index in [1.54, 1.807) is 11.0 Å². The molecule has 4 heteroatoms. The standard InChI is InChI=1S/C22H15FN2O/c1-12-6-9-18(13(2)10-12)25-19-5-3-4-17-21(19)20(22(25)26)15-11-14(23)7-8-16(15)24-17/h3-11H,1-2H3. The minimum absolute atomic E-state index is 0.138. The number of rotatable bonds is 1. The Kier molecular flexibility index (Phi) is 2.95. The number of carbonyl (C=O) groups is 1. The quantitative estimate of drug-likeness (QED) is 0.432. The molecular weight excluding hydrogens is 327 g/mol. The number of nitrogens with zero attached hydrogens (tertiary/aromatic N) is 2. The van der Waals surface area contributed by atoms with Crippen LogP contribution >= 0.6 is 0 Å². The van der Waals surface area contributed by atoms with Gasteiger partial charge in [-0.2, -0.15) is 0 Å². The molecule has 1 aliphatic heterocycles. The second-order valence-electron chi connectivity index (χ2n) is 6.75. The summed E-state index contributed by atoms with van der Waals surface area (Å²) in [6.45, 7) is 4.02. The fourth-order valence-corrected chi connectivity index (χ4v) is 3.87. The highest BCUT2D eigenvalue weighted by Gasteiger charge is 2.34.